The van der Waals surface area contributed by atoms with E-state index in [-0.39, 0.29) is 11.4 Å². The van der Waals surface area contributed by atoms with E-state index in [2.05, 4.69) is 13.8 Å². The zero-order valence-electron chi connectivity index (χ0n) is 12.5. The second-order valence-electron chi connectivity index (χ2n) is 6.25. The molecule has 1 fully saturated rings. The predicted octanol–water partition coefficient (Wildman–Crippen LogP) is 3.95. The lowest BCUT2D eigenvalue weighted by Gasteiger charge is -2.48. The zero-order chi connectivity index (χ0) is 14.9. The molecule has 0 N–H and O–H groups in total. The van der Waals surface area contributed by atoms with Gasteiger partial charge in [0, 0.05) is 0 Å². The molecule has 1 heterocycles. The minimum absolute atomic E-state index is 0.142. The molecule has 1 aliphatic rings. The summed E-state index contributed by atoms with van der Waals surface area (Å²) < 4.78 is 5.50. The lowest BCUT2D eigenvalue weighted by molar-refractivity contribution is -0.162. The lowest BCUT2D eigenvalue weighted by Crippen LogP contribution is -2.54. The van der Waals surface area contributed by atoms with Gasteiger partial charge in [-0.05, 0) is 23.0 Å². The van der Waals surface area contributed by atoms with Gasteiger partial charge in [0.1, 0.15) is 5.41 Å². The van der Waals surface area contributed by atoms with Crippen molar-refractivity contribution in [3.63, 3.8) is 0 Å². The Balaban J connectivity index is 2.32. The van der Waals surface area contributed by atoms with E-state index < -0.39 is 5.41 Å². The van der Waals surface area contributed by atoms with Crippen molar-refractivity contribution in [2.45, 2.75) is 25.7 Å². The number of esters is 1. The minimum Gasteiger partial charge on any atom is -0.465 e. The first-order valence-corrected chi connectivity index (χ1v) is 7.37. The molecule has 0 bridgehead atoms. The second-order valence-corrected chi connectivity index (χ2v) is 6.25. The maximum absolute atomic E-state index is 12.9. The second kappa shape index (κ2) is 5.03. The summed E-state index contributed by atoms with van der Waals surface area (Å²) >= 11 is 0. The van der Waals surface area contributed by atoms with Gasteiger partial charge in [-0.3, -0.25) is 4.79 Å². The molecule has 1 aliphatic heterocycles. The summed E-state index contributed by atoms with van der Waals surface area (Å²) in [4.78, 5) is 12.9. The number of benzene rings is 2. The van der Waals surface area contributed by atoms with E-state index in [0.29, 0.717) is 6.61 Å². The van der Waals surface area contributed by atoms with Crippen LogP contribution in [0.3, 0.4) is 0 Å². The van der Waals surface area contributed by atoms with Crippen LogP contribution in [0.5, 0.6) is 0 Å². The van der Waals surface area contributed by atoms with Crippen LogP contribution in [0.15, 0.2) is 60.7 Å². The van der Waals surface area contributed by atoms with Crippen molar-refractivity contribution in [3.8, 4) is 0 Å². The van der Waals surface area contributed by atoms with Gasteiger partial charge in [-0.25, -0.2) is 0 Å². The molecule has 0 spiro atoms. The fourth-order valence-corrected chi connectivity index (χ4v) is 3.53. The van der Waals surface area contributed by atoms with Crippen LogP contribution in [0.1, 0.15) is 31.4 Å². The van der Waals surface area contributed by atoms with E-state index in [1.54, 1.807) is 0 Å². The molecule has 0 aromatic heterocycles. The SMILES string of the molecule is CC1(C)CCOC(=O)C1(c1ccccc1)c1ccccc1. The van der Waals surface area contributed by atoms with Gasteiger partial charge in [0.15, 0.2) is 0 Å². The van der Waals surface area contributed by atoms with E-state index in [1.165, 1.54) is 0 Å². The summed E-state index contributed by atoms with van der Waals surface area (Å²) in [7, 11) is 0. The van der Waals surface area contributed by atoms with Crippen LogP contribution < -0.4 is 0 Å². The number of carbonyl (C=O) groups excluding carboxylic acids is 1. The van der Waals surface area contributed by atoms with E-state index >= 15 is 0 Å². The van der Waals surface area contributed by atoms with Crippen molar-refractivity contribution < 1.29 is 9.53 Å². The average molecular weight is 280 g/mol. The van der Waals surface area contributed by atoms with Crippen LogP contribution >= 0.6 is 0 Å². The van der Waals surface area contributed by atoms with Crippen LogP contribution in [0.25, 0.3) is 0 Å². The van der Waals surface area contributed by atoms with Crippen LogP contribution in [0, 0.1) is 5.41 Å². The van der Waals surface area contributed by atoms with Crippen molar-refractivity contribution in [1.82, 2.24) is 0 Å². The van der Waals surface area contributed by atoms with Gasteiger partial charge in [0.05, 0.1) is 6.61 Å². The summed E-state index contributed by atoms with van der Waals surface area (Å²) in [6.07, 6.45) is 0.850. The van der Waals surface area contributed by atoms with Crippen molar-refractivity contribution in [1.29, 1.82) is 0 Å². The third-order valence-corrected chi connectivity index (χ3v) is 4.70. The Morgan fingerprint density at radius 1 is 0.857 bits per heavy atom. The molecule has 21 heavy (non-hydrogen) atoms. The minimum atomic E-state index is -0.742. The number of carbonyl (C=O) groups is 1. The maximum Gasteiger partial charge on any atom is 0.321 e. The standard InChI is InChI=1S/C19H20O2/c1-18(2)13-14-21-17(20)19(18,15-9-5-3-6-10-15)16-11-7-4-8-12-16/h3-12H,13-14H2,1-2H3. The van der Waals surface area contributed by atoms with Gasteiger partial charge in [-0.15, -0.1) is 0 Å². The van der Waals surface area contributed by atoms with Gasteiger partial charge in [-0.1, -0.05) is 74.5 Å². The molecule has 0 unspecified atom stereocenters. The number of ether oxygens (including phenoxy) is 1. The van der Waals surface area contributed by atoms with Gasteiger partial charge in [-0.2, -0.15) is 0 Å². The predicted molar refractivity (Wildman–Crippen MR) is 83.0 cm³/mol. The molecule has 3 rings (SSSR count). The molecule has 0 aliphatic carbocycles. The molecule has 0 amide bonds. The molecule has 2 aromatic rings. The molecule has 0 atom stereocenters. The maximum atomic E-state index is 12.9. The Hall–Kier alpha value is -2.09. The molecular formula is C19H20O2. The number of rotatable bonds is 2. The van der Waals surface area contributed by atoms with Gasteiger partial charge < -0.3 is 4.74 Å². The van der Waals surface area contributed by atoms with Gasteiger partial charge in [0.25, 0.3) is 0 Å². The third-order valence-electron chi connectivity index (χ3n) is 4.70. The van der Waals surface area contributed by atoms with Gasteiger partial charge >= 0.3 is 5.97 Å². The first kappa shape index (κ1) is 13.9. The molecule has 108 valence electrons. The smallest absolute Gasteiger partial charge is 0.321 e. The molecule has 1 saturated heterocycles. The quantitative estimate of drug-likeness (QED) is 0.779. The van der Waals surface area contributed by atoms with Crippen LogP contribution in [-0.2, 0) is 14.9 Å². The fraction of sp³-hybridized carbons (Fsp3) is 0.316. The van der Waals surface area contributed by atoms with Crippen LogP contribution in [0.2, 0.25) is 0 Å². The van der Waals surface area contributed by atoms with Crippen molar-refractivity contribution in [2.24, 2.45) is 5.41 Å². The number of hydrogen-bond acceptors (Lipinski definition) is 2. The molecular weight excluding hydrogens is 260 g/mol. The fourth-order valence-electron chi connectivity index (χ4n) is 3.53. The van der Waals surface area contributed by atoms with Crippen LogP contribution in [-0.4, -0.2) is 12.6 Å². The Morgan fingerprint density at radius 2 is 1.33 bits per heavy atom. The lowest BCUT2D eigenvalue weighted by atomic mass is 9.56. The Morgan fingerprint density at radius 3 is 1.76 bits per heavy atom. The highest BCUT2D eigenvalue weighted by Crippen LogP contribution is 2.52. The number of cyclic esters (lactones) is 1. The summed E-state index contributed by atoms with van der Waals surface area (Å²) in [6.45, 7) is 4.81. The Labute approximate surface area is 125 Å². The summed E-state index contributed by atoms with van der Waals surface area (Å²) in [6, 6.07) is 20.0. The Bertz CT molecular complexity index is 590. The topological polar surface area (TPSA) is 26.3 Å². The molecule has 0 radical (unpaired) electrons. The van der Waals surface area contributed by atoms with E-state index in [4.69, 9.17) is 4.74 Å². The van der Waals surface area contributed by atoms with Gasteiger partial charge in [0.2, 0.25) is 0 Å². The van der Waals surface area contributed by atoms with Crippen molar-refractivity contribution >= 4 is 5.97 Å². The average Bonchev–Trinajstić information content (AvgIpc) is 2.49. The van der Waals surface area contributed by atoms with Crippen molar-refractivity contribution in [2.75, 3.05) is 6.61 Å². The van der Waals surface area contributed by atoms with E-state index in [1.807, 2.05) is 60.7 Å². The van der Waals surface area contributed by atoms with E-state index in [0.717, 1.165) is 17.5 Å². The van der Waals surface area contributed by atoms with E-state index in [9.17, 15) is 4.79 Å². The Kier molecular flexibility index (Phi) is 3.32. The normalized spacial score (nSPS) is 19.8. The first-order chi connectivity index (χ1) is 10.1. The molecule has 2 aromatic carbocycles. The summed E-state index contributed by atoms with van der Waals surface area (Å²) in [5.41, 5.74) is 1.07. The number of hydrogen-bond donors (Lipinski definition) is 0. The summed E-state index contributed by atoms with van der Waals surface area (Å²) in [5, 5.41) is 0. The van der Waals surface area contributed by atoms with Crippen LogP contribution in [0.4, 0.5) is 0 Å². The molecule has 0 saturated carbocycles. The molecule has 2 nitrogen and oxygen atoms in total. The highest BCUT2D eigenvalue weighted by atomic mass is 16.5. The highest BCUT2D eigenvalue weighted by molar-refractivity contribution is 5.89. The third kappa shape index (κ3) is 1.98. The molecule has 2 heteroatoms. The largest absolute Gasteiger partial charge is 0.465 e. The van der Waals surface area contributed by atoms with Crippen molar-refractivity contribution in [3.05, 3.63) is 71.8 Å². The summed E-state index contributed by atoms with van der Waals surface area (Å²) in [5.74, 6) is -0.142. The highest BCUT2D eigenvalue weighted by Gasteiger charge is 2.56. The zero-order valence-corrected chi connectivity index (χ0v) is 12.5. The monoisotopic (exact) mass is 280 g/mol. The first-order valence-electron chi connectivity index (χ1n) is 7.37.